The van der Waals surface area contributed by atoms with Crippen LogP contribution in [0.3, 0.4) is 0 Å². The maximum Gasteiger partial charge on any atom is 0.161 e. The summed E-state index contributed by atoms with van der Waals surface area (Å²) in [5.74, 6) is 1.59. The van der Waals surface area contributed by atoms with Crippen LogP contribution < -0.4 is 14.8 Å². The number of benzene rings is 1. The van der Waals surface area contributed by atoms with Crippen LogP contribution in [0.5, 0.6) is 11.5 Å². The zero-order chi connectivity index (χ0) is 15.5. The number of hydrogen-bond acceptors (Lipinski definition) is 4. The molecule has 1 fully saturated rings. The Bertz CT molecular complexity index is 478. The third kappa shape index (κ3) is 3.50. The van der Waals surface area contributed by atoms with Crippen molar-refractivity contribution in [2.45, 2.75) is 45.3 Å². The Morgan fingerprint density at radius 2 is 2.00 bits per heavy atom. The summed E-state index contributed by atoms with van der Waals surface area (Å²) in [6, 6.07) is 6.74. The van der Waals surface area contributed by atoms with E-state index in [9.17, 15) is 0 Å². The predicted octanol–water partition coefficient (Wildman–Crippen LogP) is 2.67. The Labute approximate surface area is 128 Å². The second kappa shape index (κ2) is 6.67. The lowest BCUT2D eigenvalue weighted by molar-refractivity contribution is 0.0452. The lowest BCUT2D eigenvalue weighted by Gasteiger charge is -2.47. The first-order valence-electron chi connectivity index (χ1n) is 7.71. The van der Waals surface area contributed by atoms with Gasteiger partial charge in [0.15, 0.2) is 11.5 Å². The highest BCUT2D eigenvalue weighted by Crippen LogP contribution is 2.30. The van der Waals surface area contributed by atoms with E-state index in [0.29, 0.717) is 6.04 Å². The van der Waals surface area contributed by atoms with E-state index in [4.69, 9.17) is 9.47 Å². The summed E-state index contributed by atoms with van der Waals surface area (Å²) >= 11 is 0. The molecule has 4 nitrogen and oxygen atoms in total. The minimum atomic E-state index is 0.208. The molecule has 0 aliphatic carbocycles. The first kappa shape index (κ1) is 16.1. The Morgan fingerprint density at radius 1 is 1.29 bits per heavy atom. The summed E-state index contributed by atoms with van der Waals surface area (Å²) in [4.78, 5) is 2.58. The molecule has 118 valence electrons. The van der Waals surface area contributed by atoms with Gasteiger partial charge in [0.05, 0.1) is 14.2 Å². The summed E-state index contributed by atoms with van der Waals surface area (Å²) in [7, 11) is 3.36. The van der Waals surface area contributed by atoms with Gasteiger partial charge in [-0.1, -0.05) is 13.0 Å². The molecule has 1 heterocycles. The predicted molar refractivity (Wildman–Crippen MR) is 86.1 cm³/mol. The number of hydrogen-bond donors (Lipinski definition) is 1. The molecule has 0 bridgehead atoms. The van der Waals surface area contributed by atoms with E-state index in [-0.39, 0.29) is 5.54 Å². The SMILES string of the molecule is CCC1(C)CNC(C)CN1Cc1ccc(OC)c(OC)c1. The Morgan fingerprint density at radius 3 is 2.62 bits per heavy atom. The minimum Gasteiger partial charge on any atom is -0.493 e. The van der Waals surface area contributed by atoms with Gasteiger partial charge in [-0.3, -0.25) is 4.90 Å². The fourth-order valence-electron chi connectivity index (χ4n) is 2.92. The van der Waals surface area contributed by atoms with Gasteiger partial charge < -0.3 is 14.8 Å². The van der Waals surface area contributed by atoms with Gasteiger partial charge in [0.2, 0.25) is 0 Å². The van der Waals surface area contributed by atoms with Gasteiger partial charge >= 0.3 is 0 Å². The molecule has 4 heteroatoms. The first-order chi connectivity index (χ1) is 10.0. The van der Waals surface area contributed by atoms with Gasteiger partial charge in [-0.05, 0) is 38.0 Å². The summed E-state index contributed by atoms with van der Waals surface area (Å²) < 4.78 is 10.7. The highest BCUT2D eigenvalue weighted by molar-refractivity contribution is 5.42. The largest absolute Gasteiger partial charge is 0.493 e. The smallest absolute Gasteiger partial charge is 0.161 e. The Kier molecular flexibility index (Phi) is 5.12. The summed E-state index contributed by atoms with van der Waals surface area (Å²) in [5, 5.41) is 3.59. The fourth-order valence-corrected chi connectivity index (χ4v) is 2.92. The molecule has 2 atom stereocenters. The average molecular weight is 292 g/mol. The monoisotopic (exact) mass is 292 g/mol. The number of ether oxygens (including phenoxy) is 2. The number of rotatable bonds is 5. The standard InChI is InChI=1S/C17H28N2O2/c1-6-17(3)12-18-13(2)10-19(17)11-14-7-8-15(20-4)16(9-14)21-5/h7-9,13,18H,6,10-12H2,1-5H3. The Balaban J connectivity index is 2.19. The molecule has 21 heavy (non-hydrogen) atoms. The zero-order valence-corrected chi connectivity index (χ0v) is 13.9. The number of nitrogens with zero attached hydrogens (tertiary/aromatic N) is 1. The quantitative estimate of drug-likeness (QED) is 0.904. The van der Waals surface area contributed by atoms with Crippen molar-refractivity contribution in [2.24, 2.45) is 0 Å². The molecule has 1 N–H and O–H groups in total. The summed E-state index contributed by atoms with van der Waals surface area (Å²) in [6.07, 6.45) is 1.14. The first-order valence-corrected chi connectivity index (χ1v) is 7.71. The van der Waals surface area contributed by atoms with Crippen molar-refractivity contribution in [3.05, 3.63) is 23.8 Å². The molecule has 0 amide bonds. The van der Waals surface area contributed by atoms with E-state index in [0.717, 1.165) is 37.6 Å². The van der Waals surface area contributed by atoms with Gasteiger partial charge in [-0.2, -0.15) is 0 Å². The zero-order valence-electron chi connectivity index (χ0n) is 13.9. The molecule has 1 aromatic rings. The van der Waals surface area contributed by atoms with Gasteiger partial charge in [0, 0.05) is 31.2 Å². The van der Waals surface area contributed by atoms with Crippen molar-refractivity contribution >= 4 is 0 Å². The molecular weight excluding hydrogens is 264 g/mol. The Hall–Kier alpha value is -1.26. The maximum absolute atomic E-state index is 5.41. The molecule has 1 aliphatic heterocycles. The van der Waals surface area contributed by atoms with Gasteiger partial charge in [0.25, 0.3) is 0 Å². The van der Waals surface area contributed by atoms with Crippen LogP contribution in [0.2, 0.25) is 0 Å². The van der Waals surface area contributed by atoms with Crippen LogP contribution in [0.1, 0.15) is 32.8 Å². The normalized spacial score (nSPS) is 26.6. The molecule has 0 saturated carbocycles. The number of nitrogens with one attached hydrogen (secondary N) is 1. The molecule has 2 unspecified atom stereocenters. The van der Waals surface area contributed by atoms with E-state index < -0.39 is 0 Å². The molecule has 0 radical (unpaired) electrons. The van der Waals surface area contributed by atoms with Gasteiger partial charge in [0.1, 0.15) is 0 Å². The molecule has 0 spiro atoms. The highest BCUT2D eigenvalue weighted by Gasteiger charge is 2.34. The molecular formula is C17H28N2O2. The van der Waals surface area contributed by atoms with Crippen LogP contribution in [0, 0.1) is 0 Å². The van der Waals surface area contributed by atoms with Crippen LogP contribution in [0.4, 0.5) is 0 Å². The lowest BCUT2D eigenvalue weighted by atomic mass is 9.91. The van der Waals surface area contributed by atoms with Crippen molar-refractivity contribution in [3.8, 4) is 11.5 Å². The summed E-state index contributed by atoms with van der Waals surface area (Å²) in [5.41, 5.74) is 1.47. The van der Waals surface area contributed by atoms with Crippen molar-refractivity contribution < 1.29 is 9.47 Å². The molecule has 0 aromatic heterocycles. The van der Waals surface area contributed by atoms with E-state index in [2.05, 4.69) is 43.1 Å². The lowest BCUT2D eigenvalue weighted by Crippen LogP contribution is -2.61. The van der Waals surface area contributed by atoms with E-state index in [1.54, 1.807) is 14.2 Å². The molecule has 1 aromatic carbocycles. The molecule has 1 saturated heterocycles. The highest BCUT2D eigenvalue weighted by atomic mass is 16.5. The topological polar surface area (TPSA) is 33.7 Å². The second-order valence-electron chi connectivity index (χ2n) is 6.20. The van der Waals surface area contributed by atoms with E-state index >= 15 is 0 Å². The number of methoxy groups -OCH3 is 2. The van der Waals surface area contributed by atoms with Gasteiger partial charge in [-0.15, -0.1) is 0 Å². The van der Waals surface area contributed by atoms with Crippen LogP contribution in [-0.4, -0.2) is 43.8 Å². The van der Waals surface area contributed by atoms with Crippen LogP contribution in [0.25, 0.3) is 0 Å². The van der Waals surface area contributed by atoms with Crippen molar-refractivity contribution in [1.29, 1.82) is 0 Å². The molecule has 1 aliphatic rings. The number of piperazine rings is 1. The third-order valence-electron chi connectivity index (χ3n) is 4.67. The maximum atomic E-state index is 5.41. The average Bonchev–Trinajstić information content (AvgIpc) is 2.51. The van der Waals surface area contributed by atoms with E-state index in [1.165, 1.54) is 5.56 Å². The fraction of sp³-hybridized carbons (Fsp3) is 0.647. The van der Waals surface area contributed by atoms with Crippen LogP contribution in [-0.2, 0) is 6.54 Å². The molecule has 2 rings (SSSR count). The van der Waals surface area contributed by atoms with Crippen LogP contribution >= 0.6 is 0 Å². The van der Waals surface area contributed by atoms with E-state index in [1.807, 2.05) is 6.07 Å². The van der Waals surface area contributed by atoms with Crippen LogP contribution in [0.15, 0.2) is 18.2 Å². The third-order valence-corrected chi connectivity index (χ3v) is 4.67. The minimum absolute atomic E-state index is 0.208. The van der Waals surface area contributed by atoms with Crippen molar-refractivity contribution in [3.63, 3.8) is 0 Å². The second-order valence-corrected chi connectivity index (χ2v) is 6.20. The summed E-state index contributed by atoms with van der Waals surface area (Å²) in [6.45, 7) is 9.90. The van der Waals surface area contributed by atoms with Crippen molar-refractivity contribution in [1.82, 2.24) is 10.2 Å². The van der Waals surface area contributed by atoms with Crippen molar-refractivity contribution in [2.75, 3.05) is 27.3 Å². The van der Waals surface area contributed by atoms with Gasteiger partial charge in [-0.25, -0.2) is 0 Å².